The molecule has 0 fully saturated rings. The predicted molar refractivity (Wildman–Crippen MR) is 109 cm³/mol. The lowest BCUT2D eigenvalue weighted by Gasteiger charge is -2.12. The van der Waals surface area contributed by atoms with Crippen molar-refractivity contribution >= 4 is 39.8 Å². The van der Waals surface area contributed by atoms with Crippen molar-refractivity contribution in [2.75, 3.05) is 17.7 Å². The van der Waals surface area contributed by atoms with Gasteiger partial charge in [-0.25, -0.2) is 4.79 Å². The van der Waals surface area contributed by atoms with Gasteiger partial charge in [0.05, 0.1) is 12.8 Å². The number of anilines is 2. The third kappa shape index (κ3) is 4.56. The molecule has 0 spiro atoms. The summed E-state index contributed by atoms with van der Waals surface area (Å²) < 4.78 is 5.29. The number of benzene rings is 2. The Balaban J connectivity index is 1.69. The fourth-order valence-electron chi connectivity index (χ4n) is 2.52. The van der Waals surface area contributed by atoms with Gasteiger partial charge in [-0.05, 0) is 30.2 Å². The SMILES string of the molecule is COc1cc(C)c(Cl)cc1NC(=O)Nc1nnc(C(C)c2ccccc2)s1. The molecule has 3 rings (SSSR count). The average Bonchev–Trinajstić information content (AvgIpc) is 3.12. The fourth-order valence-corrected chi connectivity index (χ4v) is 3.50. The number of aryl methyl sites for hydroxylation is 1. The lowest BCUT2D eigenvalue weighted by Crippen LogP contribution is -2.19. The highest BCUT2D eigenvalue weighted by Gasteiger charge is 2.16. The summed E-state index contributed by atoms with van der Waals surface area (Å²) in [5.41, 5.74) is 2.49. The first-order chi connectivity index (χ1) is 13.0. The molecule has 0 aliphatic rings. The molecule has 1 unspecified atom stereocenters. The number of nitrogens with one attached hydrogen (secondary N) is 2. The van der Waals surface area contributed by atoms with E-state index in [1.807, 2.05) is 37.3 Å². The Morgan fingerprint density at radius 2 is 1.93 bits per heavy atom. The zero-order valence-corrected chi connectivity index (χ0v) is 16.7. The zero-order valence-electron chi connectivity index (χ0n) is 15.1. The highest BCUT2D eigenvalue weighted by molar-refractivity contribution is 7.15. The second-order valence-electron chi connectivity index (χ2n) is 5.96. The van der Waals surface area contributed by atoms with Crippen molar-refractivity contribution < 1.29 is 9.53 Å². The molecule has 2 N–H and O–H groups in total. The number of amides is 2. The Labute approximate surface area is 166 Å². The summed E-state index contributed by atoms with van der Waals surface area (Å²) in [5.74, 6) is 0.626. The molecular formula is C19H19ClN4O2S. The van der Waals surface area contributed by atoms with Gasteiger partial charge in [0, 0.05) is 10.9 Å². The maximum Gasteiger partial charge on any atom is 0.325 e. The van der Waals surface area contributed by atoms with E-state index in [-0.39, 0.29) is 5.92 Å². The van der Waals surface area contributed by atoms with Crippen LogP contribution in [0.25, 0.3) is 0 Å². The van der Waals surface area contributed by atoms with Gasteiger partial charge >= 0.3 is 6.03 Å². The van der Waals surface area contributed by atoms with Crippen LogP contribution >= 0.6 is 22.9 Å². The molecule has 2 amide bonds. The molecule has 1 atom stereocenters. The van der Waals surface area contributed by atoms with Gasteiger partial charge in [0.15, 0.2) is 0 Å². The van der Waals surface area contributed by atoms with Crippen LogP contribution in [0.4, 0.5) is 15.6 Å². The van der Waals surface area contributed by atoms with Crippen molar-refractivity contribution in [2.45, 2.75) is 19.8 Å². The van der Waals surface area contributed by atoms with E-state index in [1.54, 1.807) is 12.1 Å². The first kappa shape index (κ1) is 19.1. The number of hydrogen-bond donors (Lipinski definition) is 2. The highest BCUT2D eigenvalue weighted by atomic mass is 35.5. The van der Waals surface area contributed by atoms with Crippen molar-refractivity contribution in [3.05, 3.63) is 63.6 Å². The Morgan fingerprint density at radius 1 is 1.19 bits per heavy atom. The number of urea groups is 1. The van der Waals surface area contributed by atoms with E-state index >= 15 is 0 Å². The van der Waals surface area contributed by atoms with Gasteiger partial charge in [-0.3, -0.25) is 5.32 Å². The van der Waals surface area contributed by atoms with Gasteiger partial charge in [-0.2, -0.15) is 0 Å². The van der Waals surface area contributed by atoms with Crippen LogP contribution in [0.1, 0.15) is 29.0 Å². The molecule has 0 saturated heterocycles. The number of methoxy groups -OCH3 is 1. The van der Waals surface area contributed by atoms with E-state index in [2.05, 4.69) is 27.8 Å². The first-order valence-corrected chi connectivity index (χ1v) is 9.48. The third-order valence-electron chi connectivity index (χ3n) is 4.06. The Hall–Kier alpha value is -2.64. The van der Waals surface area contributed by atoms with Crippen molar-refractivity contribution in [1.82, 2.24) is 10.2 Å². The molecule has 6 nitrogen and oxygen atoms in total. The molecule has 140 valence electrons. The summed E-state index contributed by atoms with van der Waals surface area (Å²) >= 11 is 7.47. The van der Waals surface area contributed by atoms with E-state index in [1.165, 1.54) is 18.4 Å². The number of nitrogens with zero attached hydrogens (tertiary/aromatic N) is 2. The number of carbonyl (C=O) groups is 1. The number of aromatic nitrogens is 2. The van der Waals surface area contributed by atoms with Crippen LogP contribution in [0.2, 0.25) is 5.02 Å². The average molecular weight is 403 g/mol. The van der Waals surface area contributed by atoms with Crippen LogP contribution in [0.5, 0.6) is 5.75 Å². The van der Waals surface area contributed by atoms with Gasteiger partial charge in [0.2, 0.25) is 5.13 Å². The quantitative estimate of drug-likeness (QED) is 0.606. The van der Waals surface area contributed by atoms with Crippen LogP contribution in [0.15, 0.2) is 42.5 Å². The van der Waals surface area contributed by atoms with Gasteiger partial charge in [0.1, 0.15) is 10.8 Å². The van der Waals surface area contributed by atoms with Crippen LogP contribution in [-0.2, 0) is 0 Å². The molecule has 0 aliphatic carbocycles. The van der Waals surface area contributed by atoms with Crippen LogP contribution in [-0.4, -0.2) is 23.3 Å². The lowest BCUT2D eigenvalue weighted by molar-refractivity contribution is 0.262. The topological polar surface area (TPSA) is 76.1 Å². The molecule has 8 heteroatoms. The van der Waals surface area contributed by atoms with Gasteiger partial charge in [-0.15, -0.1) is 10.2 Å². The van der Waals surface area contributed by atoms with Crippen molar-refractivity contribution in [3.63, 3.8) is 0 Å². The van der Waals surface area contributed by atoms with E-state index in [9.17, 15) is 4.79 Å². The Morgan fingerprint density at radius 3 is 2.63 bits per heavy atom. The Kier molecular flexibility index (Phi) is 5.93. The molecule has 3 aromatic rings. The fraction of sp³-hybridized carbons (Fsp3) is 0.211. The zero-order chi connectivity index (χ0) is 19.4. The number of halogens is 1. The number of ether oxygens (including phenoxy) is 1. The molecule has 1 aromatic heterocycles. The maximum absolute atomic E-state index is 12.3. The lowest BCUT2D eigenvalue weighted by atomic mass is 10.0. The van der Waals surface area contributed by atoms with E-state index in [0.717, 1.165) is 16.1 Å². The van der Waals surface area contributed by atoms with Gasteiger partial charge < -0.3 is 10.1 Å². The highest BCUT2D eigenvalue weighted by Crippen LogP contribution is 2.32. The summed E-state index contributed by atoms with van der Waals surface area (Å²) in [7, 11) is 1.54. The van der Waals surface area contributed by atoms with Crippen LogP contribution in [0, 0.1) is 6.92 Å². The normalized spacial score (nSPS) is 11.7. The summed E-state index contributed by atoms with van der Waals surface area (Å²) in [4.78, 5) is 12.3. The second-order valence-corrected chi connectivity index (χ2v) is 7.37. The largest absolute Gasteiger partial charge is 0.495 e. The molecule has 0 bridgehead atoms. The summed E-state index contributed by atoms with van der Waals surface area (Å²) in [6.45, 7) is 3.92. The molecule has 0 aliphatic heterocycles. The summed E-state index contributed by atoms with van der Waals surface area (Å²) in [6.07, 6.45) is 0. The standard InChI is InChI=1S/C19H19ClN4O2S/c1-11-9-16(26-3)15(10-14(11)20)21-18(25)22-19-24-23-17(27-19)12(2)13-7-5-4-6-8-13/h4-10,12H,1-3H3,(H2,21,22,24,25). The minimum Gasteiger partial charge on any atom is -0.495 e. The number of carbonyl (C=O) groups excluding carboxylic acids is 1. The third-order valence-corrected chi connectivity index (χ3v) is 5.49. The molecule has 2 aromatic carbocycles. The summed E-state index contributed by atoms with van der Waals surface area (Å²) in [6, 6.07) is 13.0. The molecule has 0 radical (unpaired) electrons. The minimum atomic E-state index is -0.441. The number of hydrogen-bond acceptors (Lipinski definition) is 5. The smallest absolute Gasteiger partial charge is 0.325 e. The Bertz CT molecular complexity index is 946. The van der Waals surface area contributed by atoms with Crippen molar-refractivity contribution in [3.8, 4) is 5.75 Å². The van der Waals surface area contributed by atoms with Gasteiger partial charge in [-0.1, -0.05) is 60.2 Å². The molecule has 0 saturated carbocycles. The molecule has 1 heterocycles. The molecular weight excluding hydrogens is 384 g/mol. The van der Waals surface area contributed by atoms with E-state index in [0.29, 0.717) is 21.6 Å². The van der Waals surface area contributed by atoms with Crippen molar-refractivity contribution in [1.29, 1.82) is 0 Å². The maximum atomic E-state index is 12.3. The summed E-state index contributed by atoms with van der Waals surface area (Å²) in [5, 5.41) is 15.5. The van der Waals surface area contributed by atoms with E-state index < -0.39 is 6.03 Å². The predicted octanol–water partition coefficient (Wildman–Crippen LogP) is 5.30. The van der Waals surface area contributed by atoms with Crippen LogP contribution in [0.3, 0.4) is 0 Å². The minimum absolute atomic E-state index is 0.0957. The number of rotatable bonds is 5. The first-order valence-electron chi connectivity index (χ1n) is 8.28. The van der Waals surface area contributed by atoms with E-state index in [4.69, 9.17) is 16.3 Å². The van der Waals surface area contributed by atoms with Gasteiger partial charge in [0.25, 0.3) is 0 Å². The second kappa shape index (κ2) is 8.37. The molecule has 27 heavy (non-hydrogen) atoms. The van der Waals surface area contributed by atoms with Crippen molar-refractivity contribution in [2.24, 2.45) is 0 Å². The van der Waals surface area contributed by atoms with Crippen LogP contribution < -0.4 is 15.4 Å². The monoisotopic (exact) mass is 402 g/mol.